The molecule has 0 spiro atoms. The van der Waals surface area contributed by atoms with Crippen molar-refractivity contribution in [2.45, 2.75) is 26.7 Å². The Labute approximate surface area is 118 Å². The topological polar surface area (TPSA) is 76.3 Å². The first-order valence-electron chi connectivity index (χ1n) is 6.33. The lowest BCUT2D eigenvalue weighted by molar-refractivity contribution is 0.361. The molecule has 1 aromatic rings. The summed E-state index contributed by atoms with van der Waals surface area (Å²) in [6.45, 7) is 4.16. The summed E-state index contributed by atoms with van der Waals surface area (Å²) < 4.78 is 1.89. The van der Waals surface area contributed by atoms with E-state index in [4.69, 9.17) is 10.5 Å². The molecule has 20 heavy (non-hydrogen) atoms. The fourth-order valence-corrected chi connectivity index (χ4v) is 2.59. The van der Waals surface area contributed by atoms with Gasteiger partial charge in [-0.3, -0.25) is 0 Å². The summed E-state index contributed by atoms with van der Waals surface area (Å²) in [6, 6.07) is 9.79. The van der Waals surface area contributed by atoms with Crippen LogP contribution in [0.4, 0.5) is 0 Å². The SMILES string of the molecule is CC1(C)CC(=C(C#N)C#N)C(C#N)=C(n2cccc2)C1. The van der Waals surface area contributed by atoms with Crippen molar-refractivity contribution < 1.29 is 0 Å². The molecular formula is C16H14N4. The fourth-order valence-electron chi connectivity index (χ4n) is 2.59. The van der Waals surface area contributed by atoms with Gasteiger partial charge in [0.1, 0.15) is 23.8 Å². The fraction of sp³-hybridized carbons (Fsp3) is 0.312. The molecule has 0 amide bonds. The summed E-state index contributed by atoms with van der Waals surface area (Å²) in [7, 11) is 0. The van der Waals surface area contributed by atoms with Crippen molar-refractivity contribution in [2.75, 3.05) is 0 Å². The van der Waals surface area contributed by atoms with Crippen LogP contribution in [-0.4, -0.2) is 4.57 Å². The zero-order valence-corrected chi connectivity index (χ0v) is 11.5. The normalized spacial score (nSPS) is 17.1. The van der Waals surface area contributed by atoms with Crippen LogP contribution in [0.5, 0.6) is 0 Å². The largest absolute Gasteiger partial charge is 0.326 e. The van der Waals surface area contributed by atoms with Crippen LogP contribution in [0.15, 0.2) is 41.2 Å². The molecule has 0 aliphatic heterocycles. The van der Waals surface area contributed by atoms with Gasteiger partial charge in [-0.1, -0.05) is 13.8 Å². The highest BCUT2D eigenvalue weighted by Crippen LogP contribution is 2.44. The second kappa shape index (κ2) is 5.08. The van der Waals surface area contributed by atoms with E-state index in [0.717, 1.165) is 12.1 Å². The van der Waals surface area contributed by atoms with E-state index in [1.165, 1.54) is 0 Å². The van der Waals surface area contributed by atoms with Crippen LogP contribution in [0.3, 0.4) is 0 Å². The van der Waals surface area contributed by atoms with E-state index in [-0.39, 0.29) is 11.0 Å². The van der Waals surface area contributed by atoms with Crippen molar-refractivity contribution in [3.63, 3.8) is 0 Å². The second-order valence-electron chi connectivity index (χ2n) is 5.62. The maximum absolute atomic E-state index is 9.47. The van der Waals surface area contributed by atoms with Gasteiger partial charge in [0.2, 0.25) is 0 Å². The summed E-state index contributed by atoms with van der Waals surface area (Å²) in [5.74, 6) is 0. The molecule has 98 valence electrons. The van der Waals surface area contributed by atoms with Gasteiger partial charge in [0, 0.05) is 23.7 Å². The lowest BCUT2D eigenvalue weighted by Crippen LogP contribution is -2.22. The van der Waals surface area contributed by atoms with Gasteiger partial charge in [0.15, 0.2) is 0 Å². The number of aromatic nitrogens is 1. The predicted octanol–water partition coefficient (Wildman–Crippen LogP) is 3.39. The van der Waals surface area contributed by atoms with Crippen molar-refractivity contribution in [2.24, 2.45) is 5.41 Å². The minimum atomic E-state index is -0.0891. The van der Waals surface area contributed by atoms with Gasteiger partial charge in [-0.05, 0) is 30.4 Å². The van der Waals surface area contributed by atoms with Crippen molar-refractivity contribution in [3.05, 3.63) is 41.2 Å². The van der Waals surface area contributed by atoms with Crippen LogP contribution in [-0.2, 0) is 0 Å². The molecule has 0 atom stereocenters. The van der Waals surface area contributed by atoms with Crippen LogP contribution >= 0.6 is 0 Å². The number of allylic oxidation sites excluding steroid dienone is 4. The number of nitriles is 3. The predicted molar refractivity (Wildman–Crippen MR) is 74.5 cm³/mol. The lowest BCUT2D eigenvalue weighted by Gasteiger charge is -2.33. The maximum atomic E-state index is 9.47. The van der Waals surface area contributed by atoms with Gasteiger partial charge in [-0.25, -0.2) is 0 Å². The van der Waals surface area contributed by atoms with Crippen molar-refractivity contribution in [1.82, 2.24) is 4.57 Å². The molecule has 1 aliphatic carbocycles. The minimum Gasteiger partial charge on any atom is -0.326 e. The first-order valence-corrected chi connectivity index (χ1v) is 6.33. The molecule has 4 heteroatoms. The number of nitrogens with zero attached hydrogens (tertiary/aromatic N) is 4. The second-order valence-corrected chi connectivity index (χ2v) is 5.62. The van der Waals surface area contributed by atoms with Gasteiger partial charge < -0.3 is 4.57 Å². The smallest absolute Gasteiger partial charge is 0.134 e. The molecule has 2 rings (SSSR count). The van der Waals surface area contributed by atoms with Gasteiger partial charge >= 0.3 is 0 Å². The highest BCUT2D eigenvalue weighted by atomic mass is 15.0. The summed E-state index contributed by atoms with van der Waals surface area (Å²) >= 11 is 0. The Hall–Kier alpha value is -2.77. The maximum Gasteiger partial charge on any atom is 0.134 e. The average Bonchev–Trinajstić information content (AvgIpc) is 2.92. The quantitative estimate of drug-likeness (QED) is 0.728. The standard InChI is InChI=1S/C16H14N4/c1-16(2)7-13(12(9-17)10-18)14(11-19)15(8-16)20-5-3-4-6-20/h3-6H,7-8H2,1-2H3. The molecule has 0 radical (unpaired) electrons. The van der Waals surface area contributed by atoms with E-state index in [9.17, 15) is 5.26 Å². The Kier molecular flexibility index (Phi) is 3.47. The molecule has 1 aliphatic rings. The molecule has 0 unspecified atom stereocenters. The van der Waals surface area contributed by atoms with Gasteiger partial charge in [0.05, 0.1) is 5.57 Å². The first-order chi connectivity index (χ1) is 9.52. The molecule has 4 nitrogen and oxygen atoms in total. The van der Waals surface area contributed by atoms with Crippen molar-refractivity contribution >= 4 is 5.70 Å². The molecule has 0 N–H and O–H groups in total. The van der Waals surface area contributed by atoms with E-state index < -0.39 is 0 Å². The van der Waals surface area contributed by atoms with Gasteiger partial charge in [-0.2, -0.15) is 15.8 Å². The van der Waals surface area contributed by atoms with Gasteiger partial charge in [0.25, 0.3) is 0 Å². The third-order valence-corrected chi connectivity index (χ3v) is 3.44. The summed E-state index contributed by atoms with van der Waals surface area (Å²) in [5.41, 5.74) is 1.83. The van der Waals surface area contributed by atoms with Crippen LogP contribution in [0.2, 0.25) is 0 Å². The lowest BCUT2D eigenvalue weighted by atomic mass is 9.73. The van der Waals surface area contributed by atoms with E-state index in [2.05, 4.69) is 19.9 Å². The first kappa shape index (κ1) is 13.7. The van der Waals surface area contributed by atoms with Gasteiger partial charge in [-0.15, -0.1) is 0 Å². The average molecular weight is 262 g/mol. The Bertz CT molecular complexity index is 694. The van der Waals surface area contributed by atoms with Crippen LogP contribution < -0.4 is 0 Å². The molecule has 1 aromatic heterocycles. The summed E-state index contributed by atoms with van der Waals surface area (Å²) in [4.78, 5) is 0. The van der Waals surface area contributed by atoms with E-state index >= 15 is 0 Å². The van der Waals surface area contributed by atoms with Crippen molar-refractivity contribution in [1.29, 1.82) is 15.8 Å². The van der Waals surface area contributed by atoms with E-state index in [1.54, 1.807) is 0 Å². The monoisotopic (exact) mass is 262 g/mol. The molecule has 0 aromatic carbocycles. The highest BCUT2D eigenvalue weighted by Gasteiger charge is 2.33. The highest BCUT2D eigenvalue weighted by molar-refractivity contribution is 5.70. The number of hydrogen-bond acceptors (Lipinski definition) is 3. The number of hydrogen-bond donors (Lipinski definition) is 0. The Morgan fingerprint density at radius 1 is 1.10 bits per heavy atom. The number of rotatable bonds is 1. The third-order valence-electron chi connectivity index (χ3n) is 3.44. The van der Waals surface area contributed by atoms with Crippen LogP contribution in [0.1, 0.15) is 26.7 Å². The Balaban J connectivity index is 2.75. The summed E-state index contributed by atoms with van der Waals surface area (Å²) in [5, 5.41) is 27.7. The molecule has 0 bridgehead atoms. The Morgan fingerprint density at radius 3 is 2.20 bits per heavy atom. The zero-order valence-electron chi connectivity index (χ0n) is 11.5. The molecule has 0 saturated heterocycles. The molecule has 0 saturated carbocycles. The zero-order chi connectivity index (χ0) is 14.8. The molecule has 0 fully saturated rings. The Morgan fingerprint density at radius 2 is 1.70 bits per heavy atom. The van der Waals surface area contributed by atoms with Crippen LogP contribution in [0.25, 0.3) is 5.70 Å². The third kappa shape index (κ3) is 2.35. The van der Waals surface area contributed by atoms with Crippen LogP contribution in [0, 0.1) is 39.4 Å². The summed E-state index contributed by atoms with van der Waals surface area (Å²) in [6.07, 6.45) is 5.06. The molecule has 1 heterocycles. The molecular weight excluding hydrogens is 248 g/mol. The van der Waals surface area contributed by atoms with E-state index in [0.29, 0.717) is 17.6 Å². The van der Waals surface area contributed by atoms with Crippen molar-refractivity contribution in [3.8, 4) is 18.2 Å². The van der Waals surface area contributed by atoms with E-state index in [1.807, 2.05) is 41.2 Å². The minimum absolute atomic E-state index is 0.0407.